The lowest BCUT2D eigenvalue weighted by molar-refractivity contribution is 0.100. The summed E-state index contributed by atoms with van der Waals surface area (Å²) >= 11 is 0. The smallest absolute Gasteiger partial charge is 0.177 e. The van der Waals surface area contributed by atoms with Gasteiger partial charge in [0.15, 0.2) is 5.78 Å². The second kappa shape index (κ2) is 4.18. The van der Waals surface area contributed by atoms with E-state index in [2.05, 4.69) is 5.10 Å². The van der Waals surface area contributed by atoms with Crippen molar-refractivity contribution in [3.8, 4) is 0 Å². The SMILES string of the molecule is CCOCc1cc(C(C)=O)n(C)n1. The first-order chi connectivity index (χ1) is 6.15. The van der Waals surface area contributed by atoms with Gasteiger partial charge in [0.25, 0.3) is 0 Å². The number of Topliss-reactive ketones (excluding diaryl/α,β-unsaturated/α-hetero) is 1. The van der Waals surface area contributed by atoms with Gasteiger partial charge in [0.1, 0.15) is 5.69 Å². The normalized spacial score (nSPS) is 10.4. The average molecular weight is 182 g/mol. The van der Waals surface area contributed by atoms with Gasteiger partial charge >= 0.3 is 0 Å². The molecule has 1 heterocycles. The van der Waals surface area contributed by atoms with Crippen LogP contribution < -0.4 is 0 Å². The highest BCUT2D eigenvalue weighted by atomic mass is 16.5. The first-order valence-electron chi connectivity index (χ1n) is 4.26. The standard InChI is InChI=1S/C9H14N2O2/c1-4-13-6-8-5-9(7(2)12)11(3)10-8/h5H,4,6H2,1-3H3. The minimum atomic E-state index is 0.0257. The Labute approximate surface area is 77.5 Å². The predicted octanol–water partition coefficient (Wildman–Crippen LogP) is 1.16. The number of nitrogens with zero attached hydrogens (tertiary/aromatic N) is 2. The van der Waals surface area contributed by atoms with E-state index in [0.717, 1.165) is 5.69 Å². The van der Waals surface area contributed by atoms with Crippen molar-refractivity contribution in [2.75, 3.05) is 6.61 Å². The van der Waals surface area contributed by atoms with Crippen molar-refractivity contribution in [2.45, 2.75) is 20.5 Å². The summed E-state index contributed by atoms with van der Waals surface area (Å²) < 4.78 is 6.76. The van der Waals surface area contributed by atoms with E-state index < -0.39 is 0 Å². The first kappa shape index (κ1) is 9.92. The highest BCUT2D eigenvalue weighted by Gasteiger charge is 2.08. The molecule has 0 spiro atoms. The molecule has 0 unspecified atom stereocenters. The number of aryl methyl sites for hydroxylation is 1. The molecule has 1 aromatic rings. The third kappa shape index (κ3) is 2.39. The van der Waals surface area contributed by atoms with E-state index in [0.29, 0.717) is 18.9 Å². The summed E-state index contributed by atoms with van der Waals surface area (Å²) in [6, 6.07) is 1.76. The van der Waals surface area contributed by atoms with Crippen molar-refractivity contribution in [2.24, 2.45) is 7.05 Å². The molecule has 13 heavy (non-hydrogen) atoms. The second-order valence-corrected chi connectivity index (χ2v) is 2.84. The lowest BCUT2D eigenvalue weighted by Crippen LogP contribution is -2.02. The summed E-state index contributed by atoms with van der Waals surface area (Å²) in [6.07, 6.45) is 0. The number of rotatable bonds is 4. The molecule has 0 atom stereocenters. The largest absolute Gasteiger partial charge is 0.375 e. The molecule has 0 bridgehead atoms. The van der Waals surface area contributed by atoms with Gasteiger partial charge < -0.3 is 4.74 Å². The molecule has 0 aliphatic heterocycles. The molecule has 1 aromatic heterocycles. The van der Waals surface area contributed by atoms with Crippen LogP contribution in [0.15, 0.2) is 6.07 Å². The zero-order chi connectivity index (χ0) is 9.84. The molecule has 0 saturated heterocycles. The fourth-order valence-electron chi connectivity index (χ4n) is 1.13. The van der Waals surface area contributed by atoms with Crippen molar-refractivity contribution in [3.63, 3.8) is 0 Å². The van der Waals surface area contributed by atoms with Crippen LogP contribution in [0.3, 0.4) is 0 Å². The monoisotopic (exact) mass is 182 g/mol. The van der Waals surface area contributed by atoms with E-state index >= 15 is 0 Å². The quantitative estimate of drug-likeness (QED) is 0.656. The van der Waals surface area contributed by atoms with Crippen LogP contribution in [0.25, 0.3) is 0 Å². The maximum atomic E-state index is 11.1. The summed E-state index contributed by atoms with van der Waals surface area (Å²) in [5, 5.41) is 4.14. The van der Waals surface area contributed by atoms with Crippen molar-refractivity contribution in [3.05, 3.63) is 17.5 Å². The zero-order valence-electron chi connectivity index (χ0n) is 8.20. The minimum Gasteiger partial charge on any atom is -0.375 e. The Hall–Kier alpha value is -1.16. The molecule has 0 saturated carbocycles. The minimum absolute atomic E-state index is 0.0257. The summed E-state index contributed by atoms with van der Waals surface area (Å²) in [4.78, 5) is 11.1. The van der Waals surface area contributed by atoms with Crippen molar-refractivity contribution in [1.82, 2.24) is 9.78 Å². The molecule has 0 aromatic carbocycles. The molecule has 72 valence electrons. The Balaban J connectivity index is 2.76. The maximum Gasteiger partial charge on any atom is 0.177 e. The van der Waals surface area contributed by atoms with Crippen LogP contribution in [-0.2, 0) is 18.4 Å². The fourth-order valence-corrected chi connectivity index (χ4v) is 1.13. The third-order valence-electron chi connectivity index (χ3n) is 1.75. The molecule has 4 heteroatoms. The van der Waals surface area contributed by atoms with Gasteiger partial charge in [-0.05, 0) is 13.0 Å². The first-order valence-corrected chi connectivity index (χ1v) is 4.26. The molecule has 0 aliphatic carbocycles. The molecule has 1 rings (SSSR count). The number of carbonyl (C=O) groups excluding carboxylic acids is 1. The van der Waals surface area contributed by atoms with E-state index in [1.165, 1.54) is 6.92 Å². The van der Waals surface area contributed by atoms with Gasteiger partial charge in [-0.3, -0.25) is 9.48 Å². The lowest BCUT2D eigenvalue weighted by atomic mass is 10.3. The van der Waals surface area contributed by atoms with E-state index in [9.17, 15) is 4.79 Å². The Morgan fingerprint density at radius 2 is 2.38 bits per heavy atom. The molecule has 4 nitrogen and oxygen atoms in total. The van der Waals surface area contributed by atoms with Crippen molar-refractivity contribution < 1.29 is 9.53 Å². The lowest BCUT2D eigenvalue weighted by Gasteiger charge is -1.94. The van der Waals surface area contributed by atoms with Crippen molar-refractivity contribution >= 4 is 5.78 Å². The number of aromatic nitrogens is 2. The van der Waals surface area contributed by atoms with Gasteiger partial charge in [0, 0.05) is 20.6 Å². The zero-order valence-corrected chi connectivity index (χ0v) is 8.20. The highest BCUT2D eigenvalue weighted by Crippen LogP contribution is 2.04. The number of ketones is 1. The van der Waals surface area contributed by atoms with Gasteiger partial charge in [0.2, 0.25) is 0 Å². The highest BCUT2D eigenvalue weighted by molar-refractivity contribution is 5.92. The topological polar surface area (TPSA) is 44.1 Å². The van der Waals surface area contributed by atoms with Crippen LogP contribution in [0.5, 0.6) is 0 Å². The Morgan fingerprint density at radius 1 is 1.69 bits per heavy atom. The number of ether oxygens (including phenoxy) is 1. The van der Waals surface area contributed by atoms with E-state index in [1.807, 2.05) is 6.92 Å². The summed E-state index contributed by atoms with van der Waals surface area (Å²) in [5.74, 6) is 0.0257. The van der Waals surface area contributed by atoms with Gasteiger partial charge in [-0.25, -0.2) is 0 Å². The van der Waals surface area contributed by atoms with Crippen LogP contribution in [0, 0.1) is 0 Å². The van der Waals surface area contributed by atoms with Crippen molar-refractivity contribution in [1.29, 1.82) is 0 Å². The number of hydrogen-bond acceptors (Lipinski definition) is 3. The van der Waals surface area contributed by atoms with Crippen LogP contribution in [0.1, 0.15) is 30.0 Å². The molecule has 0 N–H and O–H groups in total. The maximum absolute atomic E-state index is 11.1. The number of carbonyl (C=O) groups is 1. The Morgan fingerprint density at radius 3 is 2.85 bits per heavy atom. The average Bonchev–Trinajstić information content (AvgIpc) is 2.43. The van der Waals surface area contributed by atoms with Gasteiger partial charge in [-0.2, -0.15) is 5.10 Å². The summed E-state index contributed by atoms with van der Waals surface area (Å²) in [5.41, 5.74) is 1.42. The molecule has 0 amide bonds. The third-order valence-corrected chi connectivity index (χ3v) is 1.75. The second-order valence-electron chi connectivity index (χ2n) is 2.84. The Bertz CT molecular complexity index is 305. The predicted molar refractivity (Wildman–Crippen MR) is 48.5 cm³/mol. The van der Waals surface area contributed by atoms with E-state index in [1.54, 1.807) is 17.8 Å². The van der Waals surface area contributed by atoms with Gasteiger partial charge in [0.05, 0.1) is 12.3 Å². The van der Waals surface area contributed by atoms with Gasteiger partial charge in [-0.15, -0.1) is 0 Å². The van der Waals surface area contributed by atoms with Crippen LogP contribution in [0.2, 0.25) is 0 Å². The molecular weight excluding hydrogens is 168 g/mol. The Kier molecular flexibility index (Phi) is 3.19. The van der Waals surface area contributed by atoms with E-state index in [4.69, 9.17) is 4.74 Å². The summed E-state index contributed by atoms with van der Waals surface area (Å²) in [7, 11) is 1.76. The molecular formula is C9H14N2O2. The number of hydrogen-bond donors (Lipinski definition) is 0. The van der Waals surface area contributed by atoms with E-state index in [-0.39, 0.29) is 5.78 Å². The molecule has 0 fully saturated rings. The van der Waals surface area contributed by atoms with Crippen LogP contribution >= 0.6 is 0 Å². The fraction of sp³-hybridized carbons (Fsp3) is 0.556. The van der Waals surface area contributed by atoms with Crippen LogP contribution in [0.4, 0.5) is 0 Å². The molecule has 0 aliphatic rings. The van der Waals surface area contributed by atoms with Crippen LogP contribution in [-0.4, -0.2) is 22.2 Å². The van der Waals surface area contributed by atoms with Gasteiger partial charge in [-0.1, -0.05) is 0 Å². The molecule has 0 radical (unpaired) electrons. The summed E-state index contributed by atoms with van der Waals surface area (Å²) in [6.45, 7) is 4.58.